The lowest BCUT2D eigenvalue weighted by molar-refractivity contribution is -0.115. The summed E-state index contributed by atoms with van der Waals surface area (Å²) >= 11 is 1.36. The molecule has 0 spiro atoms. The van der Waals surface area contributed by atoms with Crippen molar-refractivity contribution in [3.05, 3.63) is 94.7 Å². The lowest BCUT2D eigenvalue weighted by Gasteiger charge is -2.11. The third-order valence-electron chi connectivity index (χ3n) is 5.45. The minimum absolute atomic E-state index is 0.127. The van der Waals surface area contributed by atoms with Crippen LogP contribution in [0.1, 0.15) is 29.4 Å². The molecule has 0 radical (unpaired) electrons. The molecule has 1 amide bonds. The molecule has 2 heterocycles. The lowest BCUT2D eigenvalue weighted by Crippen LogP contribution is -2.19. The van der Waals surface area contributed by atoms with Crippen molar-refractivity contribution in [3.8, 4) is 11.4 Å². The van der Waals surface area contributed by atoms with Gasteiger partial charge in [-0.25, -0.2) is 4.99 Å². The predicted molar refractivity (Wildman–Crippen MR) is 138 cm³/mol. The van der Waals surface area contributed by atoms with E-state index in [-0.39, 0.29) is 5.91 Å². The minimum Gasteiger partial charge on any atom is -0.490 e. The topological polar surface area (TPSA) is 55.6 Å². The average molecular weight is 458 g/mol. The molecule has 1 aliphatic rings. The van der Waals surface area contributed by atoms with Crippen LogP contribution >= 0.6 is 11.8 Å². The Morgan fingerprint density at radius 2 is 1.85 bits per heavy atom. The van der Waals surface area contributed by atoms with Crippen molar-refractivity contribution in [1.82, 2.24) is 9.88 Å². The molecular formula is C27H27N3O2S. The predicted octanol–water partition coefficient (Wildman–Crippen LogP) is 6.11. The smallest absolute Gasteiger partial charge is 0.264 e. The van der Waals surface area contributed by atoms with Gasteiger partial charge in [0, 0.05) is 17.1 Å². The maximum atomic E-state index is 12.6. The van der Waals surface area contributed by atoms with Gasteiger partial charge in [0.05, 0.1) is 10.6 Å². The number of hydrogen-bond acceptors (Lipinski definition) is 4. The number of amidine groups is 1. The molecule has 2 aromatic carbocycles. The van der Waals surface area contributed by atoms with Crippen LogP contribution in [0.25, 0.3) is 11.8 Å². The molecule has 0 unspecified atom stereocenters. The number of aliphatic imine (C=N–C) groups is 1. The molecule has 1 saturated heterocycles. The fourth-order valence-electron chi connectivity index (χ4n) is 3.72. The van der Waals surface area contributed by atoms with Crippen molar-refractivity contribution in [3.63, 3.8) is 0 Å². The Morgan fingerprint density at radius 3 is 2.52 bits per heavy atom. The van der Waals surface area contributed by atoms with Crippen molar-refractivity contribution in [2.45, 2.75) is 27.2 Å². The monoisotopic (exact) mass is 457 g/mol. The third kappa shape index (κ3) is 5.12. The molecule has 4 rings (SSSR count). The molecule has 1 aromatic heterocycles. The van der Waals surface area contributed by atoms with Gasteiger partial charge in [-0.3, -0.25) is 4.79 Å². The number of thioether (sulfide) groups is 1. The summed E-state index contributed by atoms with van der Waals surface area (Å²) in [6, 6.07) is 18.1. The Balaban J connectivity index is 1.56. The molecule has 33 heavy (non-hydrogen) atoms. The van der Waals surface area contributed by atoms with Crippen molar-refractivity contribution in [1.29, 1.82) is 0 Å². The molecule has 5 nitrogen and oxygen atoms in total. The molecule has 3 aromatic rings. The fourth-order valence-corrected chi connectivity index (χ4v) is 4.56. The van der Waals surface area contributed by atoms with E-state index in [1.165, 1.54) is 17.3 Å². The fraction of sp³-hybridized carbons (Fsp3) is 0.185. The summed E-state index contributed by atoms with van der Waals surface area (Å²) in [6.07, 6.45) is 4.65. The highest BCUT2D eigenvalue weighted by Gasteiger charge is 2.24. The first-order valence-corrected chi connectivity index (χ1v) is 11.7. The highest BCUT2D eigenvalue weighted by atomic mass is 32.2. The maximum Gasteiger partial charge on any atom is 0.264 e. The van der Waals surface area contributed by atoms with Gasteiger partial charge in [-0.2, -0.15) is 0 Å². The van der Waals surface area contributed by atoms with Gasteiger partial charge in [0.15, 0.2) is 5.17 Å². The minimum atomic E-state index is -0.127. The third-order valence-corrected chi connectivity index (χ3v) is 6.36. The Bertz CT molecular complexity index is 1240. The van der Waals surface area contributed by atoms with Gasteiger partial charge in [-0.15, -0.1) is 0 Å². The van der Waals surface area contributed by atoms with Crippen LogP contribution in [-0.2, 0) is 11.2 Å². The summed E-state index contributed by atoms with van der Waals surface area (Å²) in [5.74, 6) is 0.677. The van der Waals surface area contributed by atoms with E-state index in [9.17, 15) is 4.79 Å². The molecule has 0 aliphatic carbocycles. The van der Waals surface area contributed by atoms with Gasteiger partial charge in [0.25, 0.3) is 5.91 Å². The number of ether oxygens (including phenoxy) is 1. The summed E-state index contributed by atoms with van der Waals surface area (Å²) in [5.41, 5.74) is 6.29. The van der Waals surface area contributed by atoms with Gasteiger partial charge in [-0.05, 0) is 91.7 Å². The molecule has 1 aliphatic heterocycles. The molecule has 0 saturated carbocycles. The standard InChI is InChI=1S/C27H27N3O2S/c1-5-15-32-24-13-11-23(12-14-24)30-18(3)16-21(19(30)4)17-25-26(31)29-27(33-25)28-22-9-7-20(6-2)8-10-22/h5,7-14,16-17H,1,6,15H2,2-4H3,(H,28,29,31)/b25-17-. The average Bonchev–Trinajstić information content (AvgIpc) is 3.30. The number of carbonyl (C=O) groups excluding carboxylic acids is 1. The summed E-state index contributed by atoms with van der Waals surface area (Å²) in [6.45, 7) is 10.4. The number of nitrogens with one attached hydrogen (secondary N) is 1. The van der Waals surface area contributed by atoms with Gasteiger partial charge in [0.1, 0.15) is 12.4 Å². The molecule has 6 heteroatoms. The van der Waals surface area contributed by atoms with E-state index in [4.69, 9.17) is 4.74 Å². The van der Waals surface area contributed by atoms with Crippen LogP contribution in [0.3, 0.4) is 0 Å². The zero-order valence-corrected chi connectivity index (χ0v) is 19.9. The van der Waals surface area contributed by atoms with E-state index >= 15 is 0 Å². The zero-order chi connectivity index (χ0) is 23.4. The Kier molecular flexibility index (Phi) is 6.84. The van der Waals surface area contributed by atoms with Gasteiger partial charge < -0.3 is 14.6 Å². The van der Waals surface area contributed by atoms with E-state index in [2.05, 4.69) is 60.4 Å². The van der Waals surface area contributed by atoms with Crippen molar-refractivity contribution < 1.29 is 9.53 Å². The van der Waals surface area contributed by atoms with Crippen LogP contribution in [0.4, 0.5) is 5.69 Å². The summed E-state index contributed by atoms with van der Waals surface area (Å²) in [5, 5.41) is 3.47. The molecule has 0 bridgehead atoms. The molecule has 1 fully saturated rings. The normalized spacial score (nSPS) is 15.8. The second kappa shape index (κ2) is 9.96. The van der Waals surface area contributed by atoms with Crippen LogP contribution in [0.15, 0.2) is 77.1 Å². The Labute approximate surface area is 198 Å². The van der Waals surface area contributed by atoms with Crippen molar-refractivity contribution >= 4 is 34.6 Å². The quantitative estimate of drug-likeness (QED) is 0.344. The first-order chi connectivity index (χ1) is 16.0. The number of amides is 1. The van der Waals surface area contributed by atoms with Crippen LogP contribution in [-0.4, -0.2) is 22.2 Å². The van der Waals surface area contributed by atoms with E-state index < -0.39 is 0 Å². The highest BCUT2D eigenvalue weighted by molar-refractivity contribution is 8.18. The number of benzene rings is 2. The van der Waals surface area contributed by atoms with Crippen molar-refractivity contribution in [2.75, 3.05) is 6.61 Å². The highest BCUT2D eigenvalue weighted by Crippen LogP contribution is 2.31. The number of hydrogen-bond donors (Lipinski definition) is 1. The summed E-state index contributed by atoms with van der Waals surface area (Å²) in [4.78, 5) is 17.8. The van der Waals surface area contributed by atoms with Crippen LogP contribution in [0.2, 0.25) is 0 Å². The maximum absolute atomic E-state index is 12.6. The van der Waals surface area contributed by atoms with E-state index in [0.717, 1.165) is 40.5 Å². The SMILES string of the molecule is C=CCOc1ccc(-n2c(C)cc(/C=C3\SC(=Nc4ccc(CC)cc4)NC3=O)c2C)cc1. The Hall–Kier alpha value is -3.51. The molecular weight excluding hydrogens is 430 g/mol. The van der Waals surface area contributed by atoms with Crippen LogP contribution < -0.4 is 10.1 Å². The van der Waals surface area contributed by atoms with E-state index in [1.54, 1.807) is 6.08 Å². The number of rotatable bonds is 7. The van der Waals surface area contributed by atoms with Gasteiger partial charge in [0.2, 0.25) is 0 Å². The molecule has 0 atom stereocenters. The molecule has 1 N–H and O–H groups in total. The Morgan fingerprint density at radius 1 is 1.12 bits per heavy atom. The second-order valence-corrected chi connectivity index (χ2v) is 8.79. The van der Waals surface area contributed by atoms with Gasteiger partial charge in [-0.1, -0.05) is 31.7 Å². The lowest BCUT2D eigenvalue weighted by atomic mass is 10.2. The number of aryl methyl sites for hydroxylation is 2. The molecule has 168 valence electrons. The second-order valence-electron chi connectivity index (χ2n) is 7.76. The number of nitrogens with zero attached hydrogens (tertiary/aromatic N) is 2. The van der Waals surface area contributed by atoms with Crippen LogP contribution in [0.5, 0.6) is 5.75 Å². The van der Waals surface area contributed by atoms with E-state index in [1.807, 2.05) is 42.5 Å². The summed E-state index contributed by atoms with van der Waals surface area (Å²) < 4.78 is 7.75. The zero-order valence-electron chi connectivity index (χ0n) is 19.1. The largest absolute Gasteiger partial charge is 0.490 e. The van der Waals surface area contributed by atoms with Crippen molar-refractivity contribution in [2.24, 2.45) is 4.99 Å². The van der Waals surface area contributed by atoms with E-state index in [0.29, 0.717) is 16.7 Å². The van der Waals surface area contributed by atoms with Crippen LogP contribution in [0, 0.1) is 13.8 Å². The first kappa shape index (κ1) is 22.7. The van der Waals surface area contributed by atoms with Gasteiger partial charge >= 0.3 is 0 Å². The first-order valence-electron chi connectivity index (χ1n) is 10.9. The summed E-state index contributed by atoms with van der Waals surface area (Å²) in [7, 11) is 0. The number of carbonyl (C=O) groups is 1. The number of aromatic nitrogens is 1.